The molecular formula is C23H32N2O7S. The van der Waals surface area contributed by atoms with Crippen molar-refractivity contribution >= 4 is 28.0 Å². The summed E-state index contributed by atoms with van der Waals surface area (Å²) in [5, 5.41) is 2.85. The predicted molar refractivity (Wildman–Crippen MR) is 122 cm³/mol. The largest absolute Gasteiger partial charge is 0.495 e. The fourth-order valence-electron chi connectivity index (χ4n) is 4.28. The number of carbonyl (C=O) groups excluding carboxylic acids is 2. The fourth-order valence-corrected chi connectivity index (χ4v) is 5.88. The molecule has 1 saturated heterocycles. The van der Waals surface area contributed by atoms with Crippen molar-refractivity contribution in [3.8, 4) is 5.75 Å². The minimum absolute atomic E-state index is 0.0317. The summed E-state index contributed by atoms with van der Waals surface area (Å²) in [5.74, 6) is -0.642. The summed E-state index contributed by atoms with van der Waals surface area (Å²) in [6.07, 6.45) is 7.58. The SMILES string of the molecule is COC(=O)C1(NC(=O)/C=C/c2ccc(OC)c(S(=O)(=O)N3CCOCC3)c2)CCCCCC1. The Balaban J connectivity index is 1.81. The van der Waals surface area contributed by atoms with Crippen molar-refractivity contribution in [1.82, 2.24) is 9.62 Å². The molecule has 2 fully saturated rings. The first-order valence-electron chi connectivity index (χ1n) is 11.2. The van der Waals surface area contributed by atoms with Crippen molar-refractivity contribution in [2.75, 3.05) is 40.5 Å². The molecular weight excluding hydrogens is 448 g/mol. The molecule has 0 bridgehead atoms. The maximum Gasteiger partial charge on any atom is 0.331 e. The average Bonchev–Trinajstić information content (AvgIpc) is 3.09. The first-order chi connectivity index (χ1) is 15.8. The maximum absolute atomic E-state index is 13.1. The number of rotatable bonds is 7. The number of hydrogen-bond donors (Lipinski definition) is 1. The number of morpholine rings is 1. The number of sulfonamides is 1. The van der Waals surface area contributed by atoms with Gasteiger partial charge in [-0.25, -0.2) is 13.2 Å². The number of carbonyl (C=O) groups is 2. The number of benzene rings is 1. The second-order valence-corrected chi connectivity index (χ2v) is 10.1. The normalized spacial score (nSPS) is 19.6. The summed E-state index contributed by atoms with van der Waals surface area (Å²) >= 11 is 0. The standard InChI is InChI=1S/C23H32N2O7S/c1-30-19-9-7-18(17-20(19)33(28,29)25-13-15-32-16-14-25)8-10-21(26)24-23(22(27)31-2)11-5-3-4-6-12-23/h7-10,17H,3-6,11-16H2,1-2H3,(H,24,26)/b10-8+. The van der Waals surface area contributed by atoms with Crippen LogP contribution in [0.2, 0.25) is 0 Å². The zero-order valence-electron chi connectivity index (χ0n) is 19.2. The summed E-state index contributed by atoms with van der Waals surface area (Å²) in [7, 11) is -1.05. The van der Waals surface area contributed by atoms with E-state index in [-0.39, 0.29) is 23.7 Å². The molecule has 0 radical (unpaired) electrons. The van der Waals surface area contributed by atoms with E-state index in [1.54, 1.807) is 12.1 Å². The number of methoxy groups -OCH3 is 2. The number of esters is 1. The van der Waals surface area contributed by atoms with E-state index in [0.717, 1.165) is 25.7 Å². The van der Waals surface area contributed by atoms with Gasteiger partial charge in [-0.1, -0.05) is 31.7 Å². The monoisotopic (exact) mass is 480 g/mol. The van der Waals surface area contributed by atoms with Crippen LogP contribution in [0, 0.1) is 0 Å². The van der Waals surface area contributed by atoms with Crippen molar-refractivity contribution in [1.29, 1.82) is 0 Å². The third-order valence-electron chi connectivity index (χ3n) is 6.10. The Morgan fingerprint density at radius 3 is 2.36 bits per heavy atom. The lowest BCUT2D eigenvalue weighted by molar-refractivity contribution is -0.151. The number of nitrogens with zero attached hydrogens (tertiary/aromatic N) is 1. The third kappa shape index (κ3) is 5.93. The molecule has 0 aromatic heterocycles. The molecule has 182 valence electrons. The van der Waals surface area contributed by atoms with Crippen molar-refractivity contribution in [3.05, 3.63) is 29.8 Å². The van der Waals surface area contributed by atoms with Crippen LogP contribution in [0.1, 0.15) is 44.1 Å². The first kappa shape index (κ1) is 25.2. The van der Waals surface area contributed by atoms with Crippen LogP contribution >= 0.6 is 0 Å². The number of hydrogen-bond acceptors (Lipinski definition) is 7. The lowest BCUT2D eigenvalue weighted by Gasteiger charge is -2.30. The van der Waals surface area contributed by atoms with Gasteiger partial charge in [-0.2, -0.15) is 4.31 Å². The summed E-state index contributed by atoms with van der Waals surface area (Å²) < 4.78 is 43.1. The summed E-state index contributed by atoms with van der Waals surface area (Å²) in [6, 6.07) is 4.71. The van der Waals surface area contributed by atoms with Gasteiger partial charge in [0.2, 0.25) is 15.9 Å². The van der Waals surface area contributed by atoms with Crippen LogP contribution < -0.4 is 10.1 Å². The van der Waals surface area contributed by atoms with Crippen molar-refractivity contribution < 1.29 is 32.2 Å². The van der Waals surface area contributed by atoms with Gasteiger partial charge in [-0.3, -0.25) is 4.79 Å². The lowest BCUT2D eigenvalue weighted by atomic mass is 9.90. The van der Waals surface area contributed by atoms with Gasteiger partial charge in [0.05, 0.1) is 27.4 Å². The van der Waals surface area contributed by atoms with Crippen LogP contribution in [0.5, 0.6) is 5.75 Å². The molecule has 33 heavy (non-hydrogen) atoms. The smallest absolute Gasteiger partial charge is 0.331 e. The molecule has 1 heterocycles. The summed E-state index contributed by atoms with van der Waals surface area (Å²) in [4.78, 5) is 25.2. The van der Waals surface area contributed by atoms with E-state index in [1.165, 1.54) is 36.7 Å². The van der Waals surface area contributed by atoms with Gasteiger partial charge in [0.15, 0.2) is 0 Å². The van der Waals surface area contributed by atoms with Crippen LogP contribution in [0.15, 0.2) is 29.2 Å². The van der Waals surface area contributed by atoms with Crippen molar-refractivity contribution in [2.24, 2.45) is 0 Å². The molecule has 10 heteroatoms. The molecule has 1 saturated carbocycles. The van der Waals surface area contributed by atoms with Gasteiger partial charge >= 0.3 is 5.97 Å². The zero-order chi connectivity index (χ0) is 23.9. The Morgan fingerprint density at radius 1 is 1.09 bits per heavy atom. The van der Waals surface area contributed by atoms with Gasteiger partial charge in [-0.05, 0) is 36.6 Å². The van der Waals surface area contributed by atoms with Gasteiger partial charge in [0, 0.05) is 19.2 Å². The van der Waals surface area contributed by atoms with Gasteiger partial charge in [-0.15, -0.1) is 0 Å². The van der Waals surface area contributed by atoms with E-state index in [2.05, 4.69) is 5.32 Å². The highest BCUT2D eigenvalue weighted by Crippen LogP contribution is 2.30. The molecule has 1 aromatic carbocycles. The summed E-state index contributed by atoms with van der Waals surface area (Å²) in [6.45, 7) is 1.21. The van der Waals surface area contributed by atoms with E-state index in [0.29, 0.717) is 31.6 Å². The molecule has 9 nitrogen and oxygen atoms in total. The minimum Gasteiger partial charge on any atom is -0.495 e. The number of ether oxygens (including phenoxy) is 3. The first-order valence-corrected chi connectivity index (χ1v) is 12.6. The quantitative estimate of drug-likeness (QED) is 0.361. The Labute approximate surface area is 195 Å². The highest BCUT2D eigenvalue weighted by Gasteiger charge is 2.40. The topological polar surface area (TPSA) is 111 Å². The van der Waals surface area contributed by atoms with E-state index in [9.17, 15) is 18.0 Å². The molecule has 1 aliphatic carbocycles. The molecule has 1 aromatic rings. The maximum atomic E-state index is 13.1. The van der Waals surface area contributed by atoms with Crippen LogP contribution in [0.3, 0.4) is 0 Å². The molecule has 1 aliphatic heterocycles. The Bertz CT molecular complexity index is 977. The highest BCUT2D eigenvalue weighted by atomic mass is 32.2. The van der Waals surface area contributed by atoms with Crippen LogP contribution in [0.4, 0.5) is 0 Å². The molecule has 2 aliphatic rings. The average molecular weight is 481 g/mol. The summed E-state index contributed by atoms with van der Waals surface area (Å²) in [5.41, 5.74) is -0.511. The van der Waals surface area contributed by atoms with Gasteiger partial charge in [0.1, 0.15) is 16.2 Å². The molecule has 3 rings (SSSR count). The van der Waals surface area contributed by atoms with E-state index in [1.807, 2.05) is 0 Å². The Morgan fingerprint density at radius 2 is 1.76 bits per heavy atom. The molecule has 0 spiro atoms. The second kappa shape index (κ2) is 11.1. The van der Waals surface area contributed by atoms with Crippen LogP contribution in [0.25, 0.3) is 6.08 Å². The lowest BCUT2D eigenvalue weighted by Crippen LogP contribution is -2.54. The minimum atomic E-state index is -3.78. The zero-order valence-corrected chi connectivity index (χ0v) is 20.0. The van der Waals surface area contributed by atoms with Gasteiger partial charge in [0.25, 0.3) is 0 Å². The Kier molecular flexibility index (Phi) is 8.50. The predicted octanol–water partition coefficient (Wildman–Crippen LogP) is 2.11. The second-order valence-electron chi connectivity index (χ2n) is 8.24. The van der Waals surface area contributed by atoms with E-state index < -0.39 is 27.4 Å². The van der Waals surface area contributed by atoms with Crippen molar-refractivity contribution in [3.63, 3.8) is 0 Å². The number of amides is 1. The van der Waals surface area contributed by atoms with Crippen LogP contribution in [-0.2, 0) is 29.1 Å². The molecule has 0 unspecified atom stereocenters. The Hall–Kier alpha value is -2.43. The number of nitrogens with one attached hydrogen (secondary N) is 1. The fraction of sp³-hybridized carbons (Fsp3) is 0.565. The molecule has 1 N–H and O–H groups in total. The molecule has 0 atom stereocenters. The third-order valence-corrected chi connectivity index (χ3v) is 8.02. The molecule has 1 amide bonds. The highest BCUT2D eigenvalue weighted by molar-refractivity contribution is 7.89. The van der Waals surface area contributed by atoms with Crippen LogP contribution in [-0.4, -0.2) is 70.7 Å². The van der Waals surface area contributed by atoms with E-state index in [4.69, 9.17) is 14.2 Å². The van der Waals surface area contributed by atoms with Gasteiger partial charge < -0.3 is 19.5 Å². The van der Waals surface area contributed by atoms with Crippen molar-refractivity contribution in [2.45, 2.75) is 49.0 Å². The van der Waals surface area contributed by atoms with E-state index >= 15 is 0 Å².